The number of benzene rings is 2. The van der Waals surface area contributed by atoms with Gasteiger partial charge in [0.05, 0.1) is 0 Å². The lowest BCUT2D eigenvalue weighted by Gasteiger charge is -2.22. The molecule has 2 atom stereocenters. The van der Waals surface area contributed by atoms with E-state index in [9.17, 15) is 18.8 Å². The molecule has 0 unspecified atom stereocenters. The average Bonchev–Trinajstić information content (AvgIpc) is 2.63. The molecular weight excluding hydrogens is 476 g/mol. The van der Waals surface area contributed by atoms with Crippen LogP contribution in [-0.2, 0) is 27.2 Å². The highest BCUT2D eigenvalue weighted by Gasteiger charge is 2.26. The van der Waals surface area contributed by atoms with E-state index < -0.39 is 35.6 Å². The molecule has 0 aliphatic heterocycles. The van der Waals surface area contributed by atoms with Gasteiger partial charge in [-0.2, -0.15) is 0 Å². The summed E-state index contributed by atoms with van der Waals surface area (Å²) in [5.74, 6) is -1.99. The van der Waals surface area contributed by atoms with E-state index >= 15 is 0 Å². The maximum atomic E-state index is 13.1. The van der Waals surface area contributed by atoms with Gasteiger partial charge in [0.2, 0.25) is 17.7 Å². The van der Waals surface area contributed by atoms with Crippen LogP contribution in [0.25, 0.3) is 0 Å². The second-order valence-corrected chi connectivity index (χ2v) is 7.50. The minimum Gasteiger partial charge on any atom is -0.368 e. The number of rotatable bonds is 8. The van der Waals surface area contributed by atoms with Gasteiger partial charge in [-0.05, 0) is 51.9 Å². The Bertz CT molecular complexity index is 858. The predicted molar refractivity (Wildman–Crippen MR) is 112 cm³/mol. The number of amides is 3. The van der Waals surface area contributed by atoms with Crippen molar-refractivity contribution in [3.63, 3.8) is 0 Å². The molecule has 2 aromatic rings. The first-order chi connectivity index (χ1) is 13.3. The van der Waals surface area contributed by atoms with Crippen LogP contribution in [0.1, 0.15) is 18.1 Å². The molecule has 0 saturated heterocycles. The van der Waals surface area contributed by atoms with Crippen LogP contribution in [0.2, 0.25) is 0 Å². The van der Waals surface area contributed by atoms with Gasteiger partial charge < -0.3 is 16.4 Å². The first kappa shape index (κ1) is 21.8. The smallest absolute Gasteiger partial charge is 0.243 e. The van der Waals surface area contributed by atoms with E-state index in [4.69, 9.17) is 5.73 Å². The normalized spacial score (nSPS) is 12.7. The van der Waals surface area contributed by atoms with Crippen molar-refractivity contribution in [3.05, 3.63) is 69.0 Å². The van der Waals surface area contributed by atoms with Crippen LogP contribution in [-0.4, -0.2) is 29.8 Å². The topological polar surface area (TPSA) is 101 Å². The minimum absolute atomic E-state index is 0.153. The van der Waals surface area contributed by atoms with Crippen LogP contribution < -0.4 is 16.4 Å². The van der Waals surface area contributed by atoms with E-state index in [-0.39, 0.29) is 12.8 Å². The van der Waals surface area contributed by atoms with E-state index in [2.05, 4.69) is 33.2 Å². The largest absolute Gasteiger partial charge is 0.368 e. The summed E-state index contributed by atoms with van der Waals surface area (Å²) in [4.78, 5) is 36.1. The van der Waals surface area contributed by atoms with Crippen molar-refractivity contribution in [1.82, 2.24) is 10.6 Å². The van der Waals surface area contributed by atoms with Gasteiger partial charge in [0.25, 0.3) is 0 Å². The molecular formula is C20H21FIN3O3. The van der Waals surface area contributed by atoms with Crippen LogP contribution in [0.3, 0.4) is 0 Å². The molecule has 0 fully saturated rings. The molecule has 0 aromatic heterocycles. The predicted octanol–water partition coefficient (Wildman–Crippen LogP) is 1.69. The quantitative estimate of drug-likeness (QED) is 0.484. The van der Waals surface area contributed by atoms with Crippen LogP contribution in [0.4, 0.5) is 4.39 Å². The Morgan fingerprint density at radius 2 is 1.64 bits per heavy atom. The Kier molecular flexibility index (Phi) is 7.91. The molecule has 28 heavy (non-hydrogen) atoms. The van der Waals surface area contributed by atoms with E-state index in [1.54, 1.807) is 0 Å². The fraction of sp³-hybridized carbons (Fsp3) is 0.250. The number of carbonyl (C=O) groups is 3. The summed E-state index contributed by atoms with van der Waals surface area (Å²) in [6.07, 6.45) is 0.392. The van der Waals surface area contributed by atoms with Gasteiger partial charge in [-0.3, -0.25) is 14.4 Å². The monoisotopic (exact) mass is 497 g/mol. The molecule has 0 saturated carbocycles. The molecule has 8 heteroatoms. The van der Waals surface area contributed by atoms with Crippen LogP contribution in [0, 0.1) is 9.39 Å². The van der Waals surface area contributed by atoms with Gasteiger partial charge in [0.15, 0.2) is 0 Å². The molecule has 148 valence electrons. The number of hydrogen-bond acceptors (Lipinski definition) is 3. The van der Waals surface area contributed by atoms with Gasteiger partial charge in [0, 0.05) is 23.3 Å². The molecule has 6 nitrogen and oxygen atoms in total. The van der Waals surface area contributed by atoms with Crippen LogP contribution >= 0.6 is 22.6 Å². The van der Waals surface area contributed by atoms with Crippen molar-refractivity contribution in [1.29, 1.82) is 0 Å². The third-order valence-corrected chi connectivity index (χ3v) is 5.14. The molecule has 0 spiro atoms. The number of primary amides is 1. The minimum atomic E-state index is -0.923. The van der Waals surface area contributed by atoms with Crippen molar-refractivity contribution < 1.29 is 18.8 Å². The fourth-order valence-electron chi connectivity index (χ4n) is 2.69. The van der Waals surface area contributed by atoms with E-state index in [1.807, 2.05) is 24.3 Å². The molecule has 3 amide bonds. The lowest BCUT2D eigenvalue weighted by atomic mass is 10.0. The highest BCUT2D eigenvalue weighted by atomic mass is 127. The van der Waals surface area contributed by atoms with Gasteiger partial charge in [-0.15, -0.1) is 0 Å². The first-order valence-electron chi connectivity index (χ1n) is 8.61. The molecule has 0 aliphatic rings. The van der Waals surface area contributed by atoms with Crippen molar-refractivity contribution in [3.8, 4) is 0 Å². The van der Waals surface area contributed by atoms with E-state index in [1.165, 1.54) is 31.2 Å². The Morgan fingerprint density at radius 3 is 2.21 bits per heavy atom. The third kappa shape index (κ3) is 6.59. The maximum Gasteiger partial charge on any atom is 0.243 e. The summed E-state index contributed by atoms with van der Waals surface area (Å²) in [5.41, 5.74) is 7.02. The second kappa shape index (κ2) is 10.2. The Morgan fingerprint density at radius 1 is 1.00 bits per heavy atom. The van der Waals surface area contributed by atoms with Crippen molar-refractivity contribution in [2.75, 3.05) is 0 Å². The Labute approximate surface area is 176 Å². The summed E-state index contributed by atoms with van der Waals surface area (Å²) in [7, 11) is 0. The highest BCUT2D eigenvalue weighted by Crippen LogP contribution is 2.14. The summed E-state index contributed by atoms with van der Waals surface area (Å²) >= 11 is 2.15. The molecule has 4 N–H and O–H groups in total. The van der Waals surface area contributed by atoms with Gasteiger partial charge in [-0.25, -0.2) is 4.39 Å². The van der Waals surface area contributed by atoms with E-state index in [0.717, 1.165) is 9.13 Å². The zero-order chi connectivity index (χ0) is 20.7. The van der Waals surface area contributed by atoms with E-state index in [0.29, 0.717) is 5.56 Å². The Hall–Kier alpha value is -2.49. The molecule has 0 heterocycles. The van der Waals surface area contributed by atoms with Gasteiger partial charge >= 0.3 is 0 Å². The molecule has 0 radical (unpaired) electrons. The van der Waals surface area contributed by atoms with Crippen molar-refractivity contribution in [2.45, 2.75) is 31.8 Å². The Balaban J connectivity index is 2.14. The lowest BCUT2D eigenvalue weighted by Crippen LogP contribution is -2.54. The summed E-state index contributed by atoms with van der Waals surface area (Å²) in [6.45, 7) is 1.29. The number of carbonyl (C=O) groups excluding carboxylic acids is 3. The van der Waals surface area contributed by atoms with Gasteiger partial charge in [-0.1, -0.05) is 30.3 Å². The third-order valence-electron chi connectivity index (χ3n) is 4.09. The van der Waals surface area contributed by atoms with Crippen LogP contribution in [0.5, 0.6) is 0 Å². The number of hydrogen-bond donors (Lipinski definition) is 3. The molecule has 0 bridgehead atoms. The fourth-order valence-corrected chi connectivity index (χ4v) is 3.30. The zero-order valence-electron chi connectivity index (χ0n) is 15.2. The summed E-state index contributed by atoms with van der Waals surface area (Å²) in [6, 6.07) is 11.3. The number of halogens is 2. The molecule has 2 rings (SSSR count). The summed E-state index contributed by atoms with van der Waals surface area (Å²) in [5, 5.41) is 5.19. The lowest BCUT2D eigenvalue weighted by molar-refractivity contribution is -0.130. The average molecular weight is 497 g/mol. The van der Waals surface area contributed by atoms with Gasteiger partial charge in [0.1, 0.15) is 17.9 Å². The van der Waals surface area contributed by atoms with Crippen molar-refractivity contribution in [2.24, 2.45) is 5.73 Å². The molecule has 0 aliphatic carbocycles. The summed E-state index contributed by atoms with van der Waals surface area (Å²) < 4.78 is 14.0. The van der Waals surface area contributed by atoms with Crippen LogP contribution in [0.15, 0.2) is 48.5 Å². The first-order valence-corrected chi connectivity index (χ1v) is 9.68. The number of nitrogens with one attached hydrogen (secondary N) is 2. The zero-order valence-corrected chi connectivity index (χ0v) is 17.4. The molecule has 2 aromatic carbocycles. The SMILES string of the molecule is CC(=O)N[C@@H](Cc1ccc(F)cc1)C(=O)N[C@@H](Cc1ccccc1I)C(N)=O. The van der Waals surface area contributed by atoms with Crippen molar-refractivity contribution >= 4 is 40.3 Å². The maximum absolute atomic E-state index is 13.1. The highest BCUT2D eigenvalue weighted by molar-refractivity contribution is 14.1. The standard InChI is InChI=1S/C20H21FIN3O3/c1-12(26)24-18(10-13-6-8-15(21)9-7-13)20(28)25-17(19(23)27)11-14-4-2-3-5-16(14)22/h2-9,17-18H,10-11H2,1H3,(H2,23,27)(H,24,26)(H,25,28)/t17-,18-/m0/s1. The second-order valence-electron chi connectivity index (χ2n) is 6.34. The number of nitrogens with two attached hydrogens (primary N) is 1.